The Morgan fingerprint density at radius 2 is 1.51 bits per heavy atom. The maximum Gasteiger partial charge on any atom is 0.408 e. The molecule has 0 saturated heterocycles. The number of ether oxygens (including phenoxy) is 1. The largest absolute Gasteiger partial charge is 0.480 e. The van der Waals surface area contributed by atoms with E-state index < -0.39 is 47.6 Å². The fourth-order valence-electron chi connectivity index (χ4n) is 4.45. The van der Waals surface area contributed by atoms with E-state index in [0.717, 1.165) is 22.0 Å². The van der Waals surface area contributed by atoms with Gasteiger partial charge in [0.1, 0.15) is 23.7 Å². The Morgan fingerprint density at radius 3 is 2.15 bits per heavy atom. The first kappa shape index (κ1) is 31.2. The molecule has 0 spiro atoms. The van der Waals surface area contributed by atoms with Crippen molar-refractivity contribution in [3.05, 3.63) is 71.9 Å². The van der Waals surface area contributed by atoms with Gasteiger partial charge in [-0.3, -0.25) is 9.59 Å². The highest BCUT2D eigenvalue weighted by molar-refractivity contribution is 5.93. The van der Waals surface area contributed by atoms with Crippen LogP contribution in [-0.2, 0) is 32.0 Å². The molecule has 41 heavy (non-hydrogen) atoms. The average molecular weight is 565 g/mol. The zero-order valence-corrected chi connectivity index (χ0v) is 24.2. The summed E-state index contributed by atoms with van der Waals surface area (Å²) in [5, 5.41) is 18.8. The van der Waals surface area contributed by atoms with Crippen LogP contribution in [0.25, 0.3) is 10.9 Å². The first-order chi connectivity index (χ1) is 19.4. The number of fused-ring (bicyclic) bond motifs is 1. The topological polar surface area (TPSA) is 150 Å². The van der Waals surface area contributed by atoms with Gasteiger partial charge in [0.25, 0.3) is 0 Å². The third-order valence-corrected chi connectivity index (χ3v) is 6.80. The molecular formula is C31H40N4O6. The minimum absolute atomic E-state index is 0.0484. The van der Waals surface area contributed by atoms with E-state index in [2.05, 4.69) is 20.9 Å². The van der Waals surface area contributed by atoms with E-state index in [-0.39, 0.29) is 18.8 Å². The number of H-pyrrole nitrogens is 1. The smallest absolute Gasteiger partial charge is 0.408 e. The molecule has 0 unspecified atom stereocenters. The molecule has 0 radical (unpaired) electrons. The molecule has 10 nitrogen and oxygen atoms in total. The third-order valence-electron chi connectivity index (χ3n) is 6.80. The van der Waals surface area contributed by atoms with Crippen LogP contribution in [0.15, 0.2) is 60.8 Å². The minimum Gasteiger partial charge on any atom is -0.480 e. The monoisotopic (exact) mass is 564 g/mol. The number of aromatic amines is 1. The Labute approximate surface area is 240 Å². The van der Waals surface area contributed by atoms with E-state index in [1.807, 2.05) is 68.4 Å². The van der Waals surface area contributed by atoms with Crippen molar-refractivity contribution in [2.45, 2.75) is 77.6 Å². The number of amides is 3. The summed E-state index contributed by atoms with van der Waals surface area (Å²) in [6.07, 6.45) is 1.74. The molecular weight excluding hydrogens is 524 g/mol. The van der Waals surface area contributed by atoms with E-state index in [4.69, 9.17) is 4.74 Å². The van der Waals surface area contributed by atoms with Gasteiger partial charge >= 0.3 is 12.1 Å². The number of aromatic nitrogens is 1. The van der Waals surface area contributed by atoms with Crippen molar-refractivity contribution in [3.8, 4) is 0 Å². The summed E-state index contributed by atoms with van der Waals surface area (Å²) >= 11 is 0. The number of aliphatic carboxylic acids is 1. The minimum atomic E-state index is -1.23. The lowest BCUT2D eigenvalue weighted by Crippen LogP contribution is -2.58. The molecule has 4 atom stereocenters. The molecule has 0 fully saturated rings. The fourth-order valence-corrected chi connectivity index (χ4v) is 4.45. The molecule has 1 aromatic heterocycles. The first-order valence-corrected chi connectivity index (χ1v) is 13.8. The van der Waals surface area contributed by atoms with Crippen LogP contribution in [0.3, 0.4) is 0 Å². The lowest BCUT2D eigenvalue weighted by atomic mass is 9.97. The van der Waals surface area contributed by atoms with E-state index in [0.29, 0.717) is 6.42 Å². The second-order valence-corrected chi connectivity index (χ2v) is 11.2. The van der Waals surface area contributed by atoms with Gasteiger partial charge in [0, 0.05) is 29.9 Å². The summed E-state index contributed by atoms with van der Waals surface area (Å²) in [6.45, 7) is 8.87. The van der Waals surface area contributed by atoms with Crippen LogP contribution in [0.1, 0.15) is 52.2 Å². The molecule has 0 saturated carbocycles. The van der Waals surface area contributed by atoms with Gasteiger partial charge in [-0.1, -0.05) is 68.8 Å². The second kappa shape index (κ2) is 13.8. The van der Waals surface area contributed by atoms with Crippen molar-refractivity contribution in [3.63, 3.8) is 0 Å². The number of hydrogen-bond donors (Lipinski definition) is 5. The predicted octanol–water partition coefficient (Wildman–Crippen LogP) is 3.95. The second-order valence-electron chi connectivity index (χ2n) is 11.2. The highest BCUT2D eigenvalue weighted by Crippen LogP contribution is 2.19. The third kappa shape index (κ3) is 9.09. The molecule has 3 rings (SSSR count). The molecule has 10 heteroatoms. The summed E-state index contributed by atoms with van der Waals surface area (Å²) in [5.74, 6) is -2.67. The zero-order valence-electron chi connectivity index (χ0n) is 24.2. The molecule has 0 aliphatic rings. The van der Waals surface area contributed by atoms with Crippen LogP contribution in [0, 0.1) is 5.92 Å². The van der Waals surface area contributed by atoms with E-state index in [1.165, 1.54) is 0 Å². The van der Waals surface area contributed by atoms with Crippen molar-refractivity contribution in [1.82, 2.24) is 20.9 Å². The summed E-state index contributed by atoms with van der Waals surface area (Å²) in [4.78, 5) is 54.9. The number of rotatable bonds is 12. The van der Waals surface area contributed by atoms with Crippen LogP contribution in [-0.4, -0.2) is 57.7 Å². The van der Waals surface area contributed by atoms with Crippen molar-refractivity contribution < 1.29 is 29.0 Å². The van der Waals surface area contributed by atoms with Crippen molar-refractivity contribution in [2.75, 3.05) is 0 Å². The Morgan fingerprint density at radius 1 is 0.878 bits per heavy atom. The number of para-hydroxylation sites is 1. The Hall–Kier alpha value is -4.34. The maximum atomic E-state index is 13.6. The molecule has 0 aliphatic carbocycles. The van der Waals surface area contributed by atoms with E-state index >= 15 is 0 Å². The van der Waals surface area contributed by atoms with Crippen LogP contribution in [0.4, 0.5) is 4.79 Å². The Balaban J connectivity index is 1.82. The van der Waals surface area contributed by atoms with E-state index in [9.17, 15) is 24.3 Å². The van der Waals surface area contributed by atoms with Gasteiger partial charge in [-0.05, 0) is 43.9 Å². The van der Waals surface area contributed by atoms with Crippen LogP contribution < -0.4 is 16.0 Å². The van der Waals surface area contributed by atoms with Gasteiger partial charge in [0.2, 0.25) is 11.8 Å². The number of benzene rings is 2. The van der Waals surface area contributed by atoms with Crippen LogP contribution >= 0.6 is 0 Å². The highest BCUT2D eigenvalue weighted by Gasteiger charge is 2.33. The van der Waals surface area contributed by atoms with Gasteiger partial charge in [0.15, 0.2) is 0 Å². The molecule has 2 aromatic carbocycles. The lowest BCUT2D eigenvalue weighted by molar-refractivity contribution is -0.142. The van der Waals surface area contributed by atoms with E-state index in [1.54, 1.807) is 27.0 Å². The van der Waals surface area contributed by atoms with Crippen molar-refractivity contribution in [2.24, 2.45) is 5.92 Å². The zero-order chi connectivity index (χ0) is 30.2. The van der Waals surface area contributed by atoms with Crippen LogP contribution in [0.5, 0.6) is 0 Å². The van der Waals surface area contributed by atoms with Gasteiger partial charge in [-0.25, -0.2) is 9.59 Å². The van der Waals surface area contributed by atoms with Crippen LogP contribution in [0.2, 0.25) is 0 Å². The summed E-state index contributed by atoms with van der Waals surface area (Å²) in [7, 11) is 0. The Bertz CT molecular complexity index is 1350. The number of hydrogen-bond acceptors (Lipinski definition) is 5. The number of carbonyl (C=O) groups excluding carboxylic acids is 3. The number of nitrogens with one attached hydrogen (secondary N) is 4. The standard InChI is InChI=1S/C31H40N4O6/c1-6-19(2)26(35-30(40)41-31(3,4)5)28(37)33-24(16-20-12-8-7-9-13-20)27(36)34-25(29(38)39)17-21-18-32-23-15-11-10-14-22(21)23/h7-15,18-19,24-26,32H,6,16-17H2,1-5H3,(H,33,37)(H,34,36)(H,35,40)(H,38,39)/t19-,24-,25-,26-/m0/s1. The molecule has 5 N–H and O–H groups in total. The fraction of sp³-hybridized carbons (Fsp3) is 0.419. The highest BCUT2D eigenvalue weighted by atomic mass is 16.6. The average Bonchev–Trinajstić information content (AvgIpc) is 3.32. The number of carboxylic acid groups (broad SMARTS) is 1. The van der Waals surface area contributed by atoms with Crippen molar-refractivity contribution >= 4 is 34.8 Å². The van der Waals surface area contributed by atoms with Gasteiger partial charge < -0.3 is 30.8 Å². The van der Waals surface area contributed by atoms with Gasteiger partial charge in [0.05, 0.1) is 0 Å². The molecule has 3 amide bonds. The SMILES string of the molecule is CC[C@H](C)[C@H](NC(=O)OC(C)(C)C)C(=O)N[C@@H](Cc1ccccc1)C(=O)N[C@@H](Cc1c[nH]c2ccccc12)C(=O)O. The van der Waals surface area contributed by atoms with Gasteiger partial charge in [-0.2, -0.15) is 0 Å². The molecule has 1 heterocycles. The molecule has 0 aliphatic heterocycles. The Kier molecular flexibility index (Phi) is 10.5. The summed E-state index contributed by atoms with van der Waals surface area (Å²) in [5.41, 5.74) is 1.63. The summed E-state index contributed by atoms with van der Waals surface area (Å²) < 4.78 is 5.34. The molecule has 220 valence electrons. The number of alkyl carbamates (subject to hydrolysis) is 1. The van der Waals surface area contributed by atoms with Crippen molar-refractivity contribution in [1.29, 1.82) is 0 Å². The molecule has 0 bridgehead atoms. The quantitative estimate of drug-likeness (QED) is 0.225. The number of carbonyl (C=O) groups is 4. The lowest BCUT2D eigenvalue weighted by Gasteiger charge is -2.28. The number of carboxylic acids is 1. The summed E-state index contributed by atoms with van der Waals surface area (Å²) in [6, 6.07) is 13.3. The predicted molar refractivity (Wildman–Crippen MR) is 156 cm³/mol. The normalized spacial score (nSPS) is 14.4. The first-order valence-electron chi connectivity index (χ1n) is 13.8. The maximum absolute atomic E-state index is 13.6. The van der Waals surface area contributed by atoms with Gasteiger partial charge in [-0.15, -0.1) is 0 Å². The molecule has 3 aromatic rings.